The number of nitrogens with zero attached hydrogens (tertiary/aromatic N) is 1. The van der Waals surface area contributed by atoms with Crippen LogP contribution in [0.15, 0.2) is 21.5 Å². The van der Waals surface area contributed by atoms with Gasteiger partial charge in [-0.2, -0.15) is 0 Å². The largest absolute Gasteiger partial charge is 0.336 e. The summed E-state index contributed by atoms with van der Waals surface area (Å²) in [5.74, 6) is -0.835. The monoisotopic (exact) mass is 409 g/mol. The van der Waals surface area contributed by atoms with Crippen LogP contribution in [0.5, 0.6) is 0 Å². The molecular formula is C10H8BrCl2F2NO3S. The van der Waals surface area contributed by atoms with Crippen molar-refractivity contribution in [3.05, 3.63) is 27.2 Å². The van der Waals surface area contributed by atoms with Crippen molar-refractivity contribution in [2.24, 2.45) is 0 Å². The summed E-state index contributed by atoms with van der Waals surface area (Å²) in [6.45, 7) is -0.801. The zero-order chi connectivity index (χ0) is 15.7. The lowest BCUT2D eigenvalue weighted by molar-refractivity contribution is 0.0620. The zero-order valence-electron chi connectivity index (χ0n) is 9.91. The molecule has 0 spiro atoms. The molecule has 0 bridgehead atoms. The molecule has 0 aliphatic rings. The summed E-state index contributed by atoms with van der Waals surface area (Å²) in [4.78, 5) is 12.4. The highest BCUT2D eigenvalue weighted by atomic mass is 79.9. The predicted octanol–water partition coefficient (Wildman–Crippen LogP) is 3.37. The van der Waals surface area contributed by atoms with Crippen molar-refractivity contribution in [1.82, 2.24) is 4.90 Å². The molecule has 112 valence electrons. The Labute approximate surface area is 132 Å². The summed E-state index contributed by atoms with van der Waals surface area (Å²) >= 11 is 8.85. The van der Waals surface area contributed by atoms with E-state index in [-0.39, 0.29) is 20.0 Å². The van der Waals surface area contributed by atoms with E-state index in [1.54, 1.807) is 0 Å². The van der Waals surface area contributed by atoms with E-state index in [4.69, 9.17) is 22.3 Å². The van der Waals surface area contributed by atoms with Crippen LogP contribution in [0.3, 0.4) is 0 Å². The Balaban J connectivity index is 3.31. The fourth-order valence-electron chi connectivity index (χ4n) is 1.36. The van der Waals surface area contributed by atoms with Gasteiger partial charge >= 0.3 is 0 Å². The molecule has 0 radical (unpaired) electrons. The van der Waals surface area contributed by atoms with Crippen molar-refractivity contribution in [3.8, 4) is 0 Å². The lowest BCUT2D eigenvalue weighted by Crippen LogP contribution is -2.31. The number of rotatable bonds is 4. The van der Waals surface area contributed by atoms with E-state index in [2.05, 4.69) is 15.9 Å². The quantitative estimate of drug-likeness (QED) is 0.715. The molecule has 0 atom stereocenters. The summed E-state index contributed by atoms with van der Waals surface area (Å²) in [7, 11) is 2.26. The Morgan fingerprint density at radius 2 is 2.00 bits per heavy atom. The molecule has 0 N–H and O–H groups in total. The number of benzene rings is 1. The molecule has 20 heavy (non-hydrogen) atoms. The van der Waals surface area contributed by atoms with Gasteiger partial charge in [0.05, 0.1) is 22.0 Å². The number of amides is 1. The van der Waals surface area contributed by atoms with E-state index in [1.165, 1.54) is 0 Å². The van der Waals surface area contributed by atoms with Gasteiger partial charge in [0.25, 0.3) is 21.4 Å². The fourth-order valence-corrected chi connectivity index (χ4v) is 2.94. The van der Waals surface area contributed by atoms with Gasteiger partial charge in [-0.15, -0.1) is 0 Å². The first-order valence-electron chi connectivity index (χ1n) is 5.01. The van der Waals surface area contributed by atoms with E-state index < -0.39 is 27.9 Å². The molecule has 0 saturated heterocycles. The van der Waals surface area contributed by atoms with Gasteiger partial charge in [-0.1, -0.05) is 11.6 Å². The molecule has 0 aliphatic heterocycles. The summed E-state index contributed by atoms with van der Waals surface area (Å²) < 4.78 is 47.2. The van der Waals surface area contributed by atoms with Crippen LogP contribution < -0.4 is 0 Å². The van der Waals surface area contributed by atoms with Crippen molar-refractivity contribution in [2.75, 3.05) is 13.6 Å². The van der Waals surface area contributed by atoms with Crippen molar-refractivity contribution >= 4 is 53.2 Å². The second kappa shape index (κ2) is 6.55. The molecule has 0 saturated carbocycles. The van der Waals surface area contributed by atoms with Crippen molar-refractivity contribution in [2.45, 2.75) is 11.3 Å². The van der Waals surface area contributed by atoms with E-state index in [9.17, 15) is 22.0 Å². The third-order valence-corrected chi connectivity index (χ3v) is 4.87. The van der Waals surface area contributed by atoms with Gasteiger partial charge in [0.15, 0.2) is 0 Å². The Morgan fingerprint density at radius 1 is 1.45 bits per heavy atom. The van der Waals surface area contributed by atoms with Gasteiger partial charge in [-0.05, 0) is 28.1 Å². The molecule has 0 aromatic heterocycles. The summed E-state index contributed by atoms with van der Waals surface area (Å²) in [5, 5.41) is -0.0832. The number of hydrogen-bond donors (Lipinski definition) is 0. The molecule has 1 aromatic rings. The lowest BCUT2D eigenvalue weighted by atomic mass is 10.2. The van der Waals surface area contributed by atoms with Gasteiger partial charge in [-0.25, -0.2) is 17.2 Å². The minimum absolute atomic E-state index is 0.0832. The molecule has 1 amide bonds. The molecular weight excluding hydrogens is 403 g/mol. The SMILES string of the molecule is CN(CC(F)F)C(=O)c1cc(S(=O)(=O)Cl)cc(Br)c1Cl. The minimum Gasteiger partial charge on any atom is -0.336 e. The molecule has 0 aliphatic carbocycles. The van der Waals surface area contributed by atoms with Gasteiger partial charge in [0, 0.05) is 22.2 Å². The van der Waals surface area contributed by atoms with Gasteiger partial charge in [-0.3, -0.25) is 4.79 Å². The van der Waals surface area contributed by atoms with E-state index in [1.807, 2.05) is 0 Å². The molecule has 4 nitrogen and oxygen atoms in total. The van der Waals surface area contributed by atoms with Crippen molar-refractivity contribution in [3.63, 3.8) is 0 Å². The first-order chi connectivity index (χ1) is 9.04. The predicted molar refractivity (Wildman–Crippen MR) is 75.2 cm³/mol. The smallest absolute Gasteiger partial charge is 0.261 e. The number of carbonyl (C=O) groups is 1. The third kappa shape index (κ3) is 4.28. The van der Waals surface area contributed by atoms with Crippen LogP contribution in [0, 0.1) is 0 Å². The molecule has 10 heteroatoms. The standard InChI is InChI=1S/C10H8BrCl2F2NO3S/c1-16(4-8(14)15)10(17)6-2-5(20(13,18)19)3-7(11)9(6)12/h2-3,8H,4H2,1H3. The minimum atomic E-state index is -4.08. The van der Waals surface area contributed by atoms with Crippen LogP contribution >= 0.6 is 38.2 Å². The summed E-state index contributed by atoms with van der Waals surface area (Å²) in [5.41, 5.74) is -0.233. The number of hydrogen-bond acceptors (Lipinski definition) is 3. The molecule has 1 aromatic carbocycles. The van der Waals surface area contributed by atoms with Crippen LogP contribution in [-0.4, -0.2) is 39.2 Å². The van der Waals surface area contributed by atoms with Gasteiger partial charge in [0.1, 0.15) is 0 Å². The molecule has 0 heterocycles. The molecule has 0 fully saturated rings. The number of alkyl halides is 2. The van der Waals surface area contributed by atoms with E-state index in [0.29, 0.717) is 0 Å². The van der Waals surface area contributed by atoms with Gasteiger partial charge < -0.3 is 4.90 Å². The van der Waals surface area contributed by atoms with E-state index >= 15 is 0 Å². The van der Waals surface area contributed by atoms with Crippen LogP contribution in [0.2, 0.25) is 5.02 Å². The van der Waals surface area contributed by atoms with Crippen molar-refractivity contribution < 1.29 is 22.0 Å². The van der Waals surface area contributed by atoms with Crippen LogP contribution in [0.25, 0.3) is 0 Å². The summed E-state index contributed by atoms with van der Waals surface area (Å²) in [6, 6.07) is 2.06. The molecule has 0 unspecified atom stereocenters. The highest BCUT2D eigenvalue weighted by Gasteiger charge is 2.23. The topological polar surface area (TPSA) is 54.5 Å². The van der Waals surface area contributed by atoms with Crippen molar-refractivity contribution in [1.29, 1.82) is 0 Å². The molecule has 1 rings (SSSR count). The maximum absolute atomic E-state index is 12.3. The Morgan fingerprint density at radius 3 is 2.45 bits per heavy atom. The van der Waals surface area contributed by atoms with Crippen LogP contribution in [-0.2, 0) is 9.05 Å². The maximum atomic E-state index is 12.3. The second-order valence-electron chi connectivity index (χ2n) is 3.78. The van der Waals surface area contributed by atoms with Gasteiger partial charge in [0.2, 0.25) is 0 Å². The average molecular weight is 411 g/mol. The average Bonchev–Trinajstić information content (AvgIpc) is 2.29. The first-order valence-corrected chi connectivity index (χ1v) is 8.49. The summed E-state index contributed by atoms with van der Waals surface area (Å²) in [6.07, 6.45) is -2.72. The Hall–Kier alpha value is -0.440. The highest BCUT2D eigenvalue weighted by Crippen LogP contribution is 2.31. The van der Waals surface area contributed by atoms with Crippen LogP contribution in [0.1, 0.15) is 10.4 Å². The van der Waals surface area contributed by atoms with E-state index in [0.717, 1.165) is 24.1 Å². The maximum Gasteiger partial charge on any atom is 0.261 e. The second-order valence-corrected chi connectivity index (χ2v) is 7.58. The van der Waals surface area contributed by atoms with Crippen LogP contribution in [0.4, 0.5) is 8.78 Å². The highest BCUT2D eigenvalue weighted by molar-refractivity contribution is 9.10. The number of carbonyl (C=O) groups excluding carboxylic acids is 1. The lowest BCUT2D eigenvalue weighted by Gasteiger charge is -2.18. The Bertz CT molecular complexity index is 640. The Kier molecular flexibility index (Phi) is 5.77. The zero-order valence-corrected chi connectivity index (χ0v) is 13.8. The fraction of sp³-hybridized carbons (Fsp3) is 0.300. The normalized spacial score (nSPS) is 11.8. The third-order valence-electron chi connectivity index (χ3n) is 2.27. The number of halogens is 5. The first kappa shape index (κ1) is 17.6.